The summed E-state index contributed by atoms with van der Waals surface area (Å²) in [6, 6.07) is 5.77. The van der Waals surface area contributed by atoms with Crippen molar-refractivity contribution in [3.8, 4) is 5.75 Å². The fourth-order valence-corrected chi connectivity index (χ4v) is 1.64. The Morgan fingerprint density at radius 3 is 2.75 bits per heavy atom. The smallest absolute Gasteiger partial charge is 0.121 e. The van der Waals surface area contributed by atoms with Crippen LogP contribution in [0.3, 0.4) is 0 Å². The maximum atomic E-state index is 9.93. The molecule has 0 aromatic heterocycles. The van der Waals surface area contributed by atoms with Crippen LogP contribution in [0.5, 0.6) is 5.75 Å². The molecule has 0 amide bonds. The SMILES string of the molecule is CCCNCC(O)c1ccc(OC)c(C)c1. The van der Waals surface area contributed by atoms with E-state index in [-0.39, 0.29) is 0 Å². The van der Waals surface area contributed by atoms with Crippen LogP contribution >= 0.6 is 0 Å². The summed E-state index contributed by atoms with van der Waals surface area (Å²) in [5, 5.41) is 13.1. The van der Waals surface area contributed by atoms with Gasteiger partial charge in [-0.25, -0.2) is 0 Å². The maximum Gasteiger partial charge on any atom is 0.121 e. The van der Waals surface area contributed by atoms with Crippen LogP contribution in [-0.4, -0.2) is 25.3 Å². The molecule has 0 saturated carbocycles. The van der Waals surface area contributed by atoms with Crippen molar-refractivity contribution in [2.75, 3.05) is 20.2 Å². The highest BCUT2D eigenvalue weighted by atomic mass is 16.5. The van der Waals surface area contributed by atoms with Gasteiger partial charge in [0.25, 0.3) is 0 Å². The second-order valence-corrected chi connectivity index (χ2v) is 3.95. The number of benzene rings is 1. The largest absolute Gasteiger partial charge is 0.496 e. The number of aryl methyl sites for hydroxylation is 1. The predicted octanol–water partition coefficient (Wildman–Crippen LogP) is 2.04. The molecular weight excluding hydrogens is 202 g/mol. The predicted molar refractivity (Wildman–Crippen MR) is 65.9 cm³/mol. The Labute approximate surface area is 97.4 Å². The van der Waals surface area contributed by atoms with E-state index in [0.717, 1.165) is 29.8 Å². The normalized spacial score (nSPS) is 12.5. The van der Waals surface area contributed by atoms with Crippen molar-refractivity contribution in [2.45, 2.75) is 26.4 Å². The minimum atomic E-state index is -0.448. The Hall–Kier alpha value is -1.06. The van der Waals surface area contributed by atoms with Gasteiger partial charge in [-0.2, -0.15) is 0 Å². The molecule has 1 aromatic carbocycles. The fraction of sp³-hybridized carbons (Fsp3) is 0.538. The molecule has 0 fully saturated rings. The number of aliphatic hydroxyl groups is 1. The van der Waals surface area contributed by atoms with E-state index in [1.807, 2.05) is 25.1 Å². The topological polar surface area (TPSA) is 41.5 Å². The average Bonchev–Trinajstić information content (AvgIpc) is 2.29. The van der Waals surface area contributed by atoms with Gasteiger partial charge in [0.2, 0.25) is 0 Å². The molecule has 0 saturated heterocycles. The quantitative estimate of drug-likeness (QED) is 0.725. The summed E-state index contributed by atoms with van der Waals surface area (Å²) in [6.45, 7) is 5.62. The first-order valence-electron chi connectivity index (χ1n) is 5.72. The molecular formula is C13H21NO2. The highest BCUT2D eigenvalue weighted by molar-refractivity contribution is 5.37. The highest BCUT2D eigenvalue weighted by Gasteiger charge is 2.08. The van der Waals surface area contributed by atoms with Crippen molar-refractivity contribution < 1.29 is 9.84 Å². The van der Waals surface area contributed by atoms with Gasteiger partial charge in [0, 0.05) is 6.54 Å². The monoisotopic (exact) mass is 223 g/mol. The second-order valence-electron chi connectivity index (χ2n) is 3.95. The molecule has 0 aliphatic carbocycles. The van der Waals surface area contributed by atoms with E-state index in [9.17, 15) is 5.11 Å². The van der Waals surface area contributed by atoms with E-state index in [0.29, 0.717) is 6.54 Å². The van der Waals surface area contributed by atoms with Crippen molar-refractivity contribution in [1.29, 1.82) is 0 Å². The van der Waals surface area contributed by atoms with Crippen molar-refractivity contribution in [1.82, 2.24) is 5.32 Å². The number of ether oxygens (including phenoxy) is 1. The summed E-state index contributed by atoms with van der Waals surface area (Å²) in [7, 11) is 1.65. The van der Waals surface area contributed by atoms with Crippen LogP contribution in [0.25, 0.3) is 0 Å². The Morgan fingerprint density at radius 2 is 2.19 bits per heavy atom. The molecule has 0 heterocycles. The fourth-order valence-electron chi connectivity index (χ4n) is 1.64. The molecule has 0 aliphatic rings. The summed E-state index contributed by atoms with van der Waals surface area (Å²) >= 11 is 0. The van der Waals surface area contributed by atoms with Gasteiger partial charge in [-0.3, -0.25) is 0 Å². The van der Waals surface area contributed by atoms with E-state index in [1.165, 1.54) is 0 Å². The van der Waals surface area contributed by atoms with Crippen LogP contribution in [0.2, 0.25) is 0 Å². The number of rotatable bonds is 6. The third-order valence-corrected chi connectivity index (χ3v) is 2.57. The Morgan fingerprint density at radius 1 is 1.44 bits per heavy atom. The molecule has 1 atom stereocenters. The molecule has 2 N–H and O–H groups in total. The van der Waals surface area contributed by atoms with Gasteiger partial charge in [0.05, 0.1) is 13.2 Å². The van der Waals surface area contributed by atoms with Crippen molar-refractivity contribution in [3.05, 3.63) is 29.3 Å². The summed E-state index contributed by atoms with van der Waals surface area (Å²) in [5.41, 5.74) is 1.98. The Balaban J connectivity index is 2.62. The molecule has 1 unspecified atom stereocenters. The van der Waals surface area contributed by atoms with Crippen molar-refractivity contribution in [2.24, 2.45) is 0 Å². The zero-order valence-electron chi connectivity index (χ0n) is 10.3. The third kappa shape index (κ3) is 3.51. The third-order valence-electron chi connectivity index (χ3n) is 2.57. The molecule has 90 valence electrons. The first-order chi connectivity index (χ1) is 7.69. The minimum Gasteiger partial charge on any atom is -0.496 e. The lowest BCUT2D eigenvalue weighted by Gasteiger charge is -2.13. The summed E-state index contributed by atoms with van der Waals surface area (Å²) in [5.74, 6) is 0.859. The maximum absolute atomic E-state index is 9.93. The molecule has 0 aliphatic heterocycles. The van der Waals surface area contributed by atoms with Crippen LogP contribution in [0.1, 0.15) is 30.6 Å². The molecule has 1 aromatic rings. The molecule has 16 heavy (non-hydrogen) atoms. The number of hydrogen-bond donors (Lipinski definition) is 2. The van der Waals surface area contributed by atoms with Gasteiger partial charge in [0.15, 0.2) is 0 Å². The van der Waals surface area contributed by atoms with Crippen molar-refractivity contribution >= 4 is 0 Å². The molecule has 3 heteroatoms. The Bertz CT molecular complexity index is 326. The highest BCUT2D eigenvalue weighted by Crippen LogP contribution is 2.22. The number of methoxy groups -OCH3 is 1. The van der Waals surface area contributed by atoms with E-state index in [2.05, 4.69) is 12.2 Å². The van der Waals surface area contributed by atoms with Crippen LogP contribution in [0.4, 0.5) is 0 Å². The molecule has 1 rings (SSSR count). The Kier molecular flexibility index (Phi) is 5.29. The first-order valence-corrected chi connectivity index (χ1v) is 5.72. The van der Waals surface area contributed by atoms with Gasteiger partial charge >= 0.3 is 0 Å². The van der Waals surface area contributed by atoms with Gasteiger partial charge in [0.1, 0.15) is 5.75 Å². The average molecular weight is 223 g/mol. The van der Waals surface area contributed by atoms with E-state index in [4.69, 9.17) is 4.74 Å². The van der Waals surface area contributed by atoms with E-state index >= 15 is 0 Å². The number of hydrogen-bond acceptors (Lipinski definition) is 3. The van der Waals surface area contributed by atoms with Gasteiger partial charge in [-0.1, -0.05) is 13.0 Å². The van der Waals surface area contributed by atoms with Gasteiger partial charge in [-0.15, -0.1) is 0 Å². The zero-order valence-corrected chi connectivity index (χ0v) is 10.3. The minimum absolute atomic E-state index is 0.448. The van der Waals surface area contributed by atoms with Crippen LogP contribution in [-0.2, 0) is 0 Å². The lowest BCUT2D eigenvalue weighted by molar-refractivity contribution is 0.175. The zero-order chi connectivity index (χ0) is 12.0. The lowest BCUT2D eigenvalue weighted by Crippen LogP contribution is -2.22. The van der Waals surface area contributed by atoms with Crippen LogP contribution in [0.15, 0.2) is 18.2 Å². The summed E-state index contributed by atoms with van der Waals surface area (Å²) in [6.07, 6.45) is 0.630. The number of aliphatic hydroxyl groups excluding tert-OH is 1. The molecule has 0 radical (unpaired) electrons. The summed E-state index contributed by atoms with van der Waals surface area (Å²) < 4.78 is 5.18. The standard InChI is InChI=1S/C13H21NO2/c1-4-7-14-9-12(15)11-5-6-13(16-3)10(2)8-11/h5-6,8,12,14-15H,4,7,9H2,1-3H3. The lowest BCUT2D eigenvalue weighted by atomic mass is 10.1. The van der Waals surface area contributed by atoms with Crippen LogP contribution < -0.4 is 10.1 Å². The molecule has 0 bridgehead atoms. The van der Waals surface area contributed by atoms with Gasteiger partial charge in [-0.05, 0) is 43.1 Å². The second kappa shape index (κ2) is 6.51. The first kappa shape index (κ1) is 13.0. The molecule has 3 nitrogen and oxygen atoms in total. The van der Waals surface area contributed by atoms with E-state index < -0.39 is 6.10 Å². The van der Waals surface area contributed by atoms with Gasteiger partial charge < -0.3 is 15.2 Å². The molecule has 0 spiro atoms. The summed E-state index contributed by atoms with van der Waals surface area (Å²) in [4.78, 5) is 0. The van der Waals surface area contributed by atoms with Crippen molar-refractivity contribution in [3.63, 3.8) is 0 Å². The number of nitrogens with one attached hydrogen (secondary N) is 1. The van der Waals surface area contributed by atoms with Crippen LogP contribution in [0, 0.1) is 6.92 Å². The van der Waals surface area contributed by atoms with E-state index in [1.54, 1.807) is 7.11 Å².